The topological polar surface area (TPSA) is 21.3 Å². The van der Waals surface area contributed by atoms with Crippen molar-refractivity contribution < 1.29 is 17.9 Å². The number of halogens is 4. The minimum absolute atomic E-state index is 0. The van der Waals surface area contributed by atoms with Crippen molar-refractivity contribution in [3.05, 3.63) is 29.3 Å². The molecule has 0 aliphatic carbocycles. The van der Waals surface area contributed by atoms with Gasteiger partial charge in [0.15, 0.2) is 0 Å². The summed E-state index contributed by atoms with van der Waals surface area (Å²) < 4.78 is 43.3. The fraction of sp³-hybridized carbons (Fsp3) is 0.538. The van der Waals surface area contributed by atoms with Gasteiger partial charge in [0.1, 0.15) is 5.75 Å². The third-order valence-electron chi connectivity index (χ3n) is 3.20. The van der Waals surface area contributed by atoms with E-state index in [1.54, 1.807) is 6.07 Å². The lowest BCUT2D eigenvalue weighted by molar-refractivity contribution is -0.137. The Labute approximate surface area is 116 Å². The molecular weight excluding hydrogens is 279 g/mol. The summed E-state index contributed by atoms with van der Waals surface area (Å²) in [5.41, 5.74) is 0.00518. The number of alkyl halides is 3. The van der Waals surface area contributed by atoms with Crippen molar-refractivity contribution in [3.63, 3.8) is 0 Å². The molecule has 6 heteroatoms. The highest BCUT2D eigenvalue weighted by Gasteiger charge is 2.32. The van der Waals surface area contributed by atoms with Crippen molar-refractivity contribution in [1.82, 2.24) is 5.32 Å². The zero-order valence-electron chi connectivity index (χ0n) is 10.6. The van der Waals surface area contributed by atoms with Crippen LogP contribution in [-0.2, 0) is 6.18 Å². The Morgan fingerprint density at radius 2 is 1.95 bits per heavy atom. The highest BCUT2D eigenvalue weighted by molar-refractivity contribution is 5.85. The van der Waals surface area contributed by atoms with Crippen LogP contribution in [0.1, 0.15) is 36.4 Å². The minimum atomic E-state index is -4.34. The second-order valence-corrected chi connectivity index (χ2v) is 4.50. The zero-order chi connectivity index (χ0) is 13.2. The first kappa shape index (κ1) is 16.1. The molecule has 0 unspecified atom stereocenters. The summed E-state index contributed by atoms with van der Waals surface area (Å²) >= 11 is 0. The van der Waals surface area contributed by atoms with Crippen LogP contribution in [0.3, 0.4) is 0 Å². The Kier molecular flexibility index (Phi) is 5.50. The quantitative estimate of drug-likeness (QED) is 0.892. The van der Waals surface area contributed by atoms with E-state index in [4.69, 9.17) is 4.74 Å². The average Bonchev–Trinajstić information content (AvgIpc) is 2.38. The molecule has 0 saturated carbocycles. The number of hydrogen-bond donors (Lipinski definition) is 1. The van der Waals surface area contributed by atoms with Crippen molar-refractivity contribution in [2.45, 2.75) is 31.5 Å². The lowest BCUT2D eigenvalue weighted by Gasteiger charge is -2.25. The number of ether oxygens (including phenoxy) is 1. The first-order chi connectivity index (χ1) is 8.50. The second kappa shape index (κ2) is 6.48. The molecular formula is C13H17ClF3NO. The molecule has 0 aromatic heterocycles. The van der Waals surface area contributed by atoms with Crippen LogP contribution in [0.5, 0.6) is 5.75 Å². The zero-order valence-corrected chi connectivity index (χ0v) is 11.4. The van der Waals surface area contributed by atoms with Gasteiger partial charge in [0.25, 0.3) is 0 Å². The van der Waals surface area contributed by atoms with E-state index in [1.165, 1.54) is 13.2 Å². The van der Waals surface area contributed by atoms with Gasteiger partial charge in [-0.1, -0.05) is 6.42 Å². The van der Waals surface area contributed by atoms with E-state index in [0.29, 0.717) is 5.56 Å². The number of hydrogen-bond acceptors (Lipinski definition) is 2. The summed E-state index contributed by atoms with van der Waals surface area (Å²) in [7, 11) is 1.38. The van der Waals surface area contributed by atoms with Gasteiger partial charge in [0.2, 0.25) is 0 Å². The van der Waals surface area contributed by atoms with E-state index in [9.17, 15) is 13.2 Å². The monoisotopic (exact) mass is 295 g/mol. The Morgan fingerprint density at radius 1 is 1.21 bits per heavy atom. The molecule has 0 spiro atoms. The predicted molar refractivity (Wildman–Crippen MR) is 69.8 cm³/mol. The minimum Gasteiger partial charge on any atom is -0.497 e. The number of benzene rings is 1. The van der Waals surface area contributed by atoms with Crippen LogP contribution in [0.4, 0.5) is 13.2 Å². The number of piperidine rings is 1. The third-order valence-corrected chi connectivity index (χ3v) is 3.20. The highest BCUT2D eigenvalue weighted by atomic mass is 35.5. The van der Waals surface area contributed by atoms with Gasteiger partial charge in [-0.25, -0.2) is 0 Å². The van der Waals surface area contributed by atoms with Gasteiger partial charge in [-0.15, -0.1) is 12.4 Å². The summed E-state index contributed by atoms with van der Waals surface area (Å²) in [6.45, 7) is 0.850. The van der Waals surface area contributed by atoms with Crippen molar-refractivity contribution in [1.29, 1.82) is 0 Å². The van der Waals surface area contributed by atoms with Gasteiger partial charge in [0, 0.05) is 6.04 Å². The molecule has 19 heavy (non-hydrogen) atoms. The van der Waals surface area contributed by atoms with Crippen LogP contribution < -0.4 is 10.1 Å². The van der Waals surface area contributed by atoms with E-state index in [0.717, 1.165) is 31.9 Å². The maximum Gasteiger partial charge on any atom is 0.416 e. The van der Waals surface area contributed by atoms with Crippen molar-refractivity contribution in [2.75, 3.05) is 13.7 Å². The SMILES string of the molecule is COc1cc([C@H]2CCCCN2)cc(C(F)(F)F)c1.Cl. The normalized spacial score (nSPS) is 19.7. The van der Waals surface area contributed by atoms with Gasteiger partial charge in [-0.2, -0.15) is 13.2 Å². The summed E-state index contributed by atoms with van der Waals surface area (Å²) in [5, 5.41) is 3.24. The molecule has 1 heterocycles. The Bertz CT molecular complexity index is 417. The first-order valence-corrected chi connectivity index (χ1v) is 6.00. The number of rotatable bonds is 2. The molecule has 1 saturated heterocycles. The van der Waals surface area contributed by atoms with Crippen LogP contribution in [0, 0.1) is 0 Å². The molecule has 1 fully saturated rings. The van der Waals surface area contributed by atoms with Gasteiger partial charge < -0.3 is 10.1 Å². The maximum atomic E-state index is 12.8. The molecule has 1 aromatic rings. The third kappa shape index (κ3) is 4.01. The van der Waals surface area contributed by atoms with E-state index < -0.39 is 11.7 Å². The second-order valence-electron chi connectivity index (χ2n) is 4.50. The number of methoxy groups -OCH3 is 1. The standard InChI is InChI=1S/C13H16F3NO.ClH/c1-18-11-7-9(12-4-2-3-5-17-12)6-10(8-11)13(14,15)16;/h6-8,12,17H,2-5H2,1H3;1H/t12-;/m1./s1. The highest BCUT2D eigenvalue weighted by Crippen LogP contribution is 2.35. The van der Waals surface area contributed by atoms with E-state index in [-0.39, 0.29) is 24.2 Å². The van der Waals surface area contributed by atoms with Crippen LogP contribution in [-0.4, -0.2) is 13.7 Å². The Morgan fingerprint density at radius 3 is 2.47 bits per heavy atom. The fourth-order valence-corrected chi connectivity index (χ4v) is 2.24. The van der Waals surface area contributed by atoms with Gasteiger partial charge >= 0.3 is 6.18 Å². The van der Waals surface area contributed by atoms with Crippen molar-refractivity contribution >= 4 is 12.4 Å². The van der Waals surface area contributed by atoms with Crippen LogP contribution in [0.15, 0.2) is 18.2 Å². The van der Waals surface area contributed by atoms with Crippen molar-refractivity contribution in [3.8, 4) is 5.75 Å². The fourth-order valence-electron chi connectivity index (χ4n) is 2.24. The molecule has 0 radical (unpaired) electrons. The predicted octanol–water partition coefficient (Wildman–Crippen LogP) is 3.95. The Hall–Kier alpha value is -0.940. The summed E-state index contributed by atoms with van der Waals surface area (Å²) in [6, 6.07) is 3.92. The maximum absolute atomic E-state index is 12.8. The molecule has 1 aliphatic heterocycles. The van der Waals surface area contributed by atoms with Crippen LogP contribution in [0.2, 0.25) is 0 Å². The van der Waals surface area contributed by atoms with E-state index in [2.05, 4.69) is 5.32 Å². The van der Waals surface area contributed by atoms with Gasteiger partial charge in [-0.05, 0) is 43.1 Å². The largest absolute Gasteiger partial charge is 0.497 e. The summed E-state index contributed by atoms with van der Waals surface area (Å²) in [4.78, 5) is 0. The lowest BCUT2D eigenvalue weighted by atomic mass is 9.96. The Balaban J connectivity index is 0.00000180. The summed E-state index contributed by atoms with van der Waals surface area (Å²) in [6.07, 6.45) is -1.36. The van der Waals surface area contributed by atoms with E-state index >= 15 is 0 Å². The molecule has 1 aromatic carbocycles. The number of nitrogens with one attached hydrogen (secondary N) is 1. The molecule has 1 aliphatic rings. The molecule has 2 nitrogen and oxygen atoms in total. The molecule has 0 amide bonds. The van der Waals surface area contributed by atoms with Gasteiger partial charge in [-0.3, -0.25) is 0 Å². The summed E-state index contributed by atoms with van der Waals surface area (Å²) in [5.74, 6) is 0.257. The average molecular weight is 296 g/mol. The van der Waals surface area contributed by atoms with Crippen molar-refractivity contribution in [2.24, 2.45) is 0 Å². The molecule has 2 rings (SSSR count). The van der Waals surface area contributed by atoms with Gasteiger partial charge in [0.05, 0.1) is 12.7 Å². The van der Waals surface area contributed by atoms with E-state index in [1.807, 2.05) is 0 Å². The molecule has 1 N–H and O–H groups in total. The molecule has 1 atom stereocenters. The molecule has 0 bridgehead atoms. The molecule has 108 valence electrons. The van der Waals surface area contributed by atoms with Crippen LogP contribution >= 0.6 is 12.4 Å². The smallest absolute Gasteiger partial charge is 0.416 e. The van der Waals surface area contributed by atoms with Crippen LogP contribution in [0.25, 0.3) is 0 Å². The lowest BCUT2D eigenvalue weighted by Crippen LogP contribution is -2.27. The first-order valence-electron chi connectivity index (χ1n) is 6.00.